The van der Waals surface area contributed by atoms with Crippen molar-refractivity contribution in [1.82, 2.24) is 4.98 Å². The summed E-state index contributed by atoms with van der Waals surface area (Å²) >= 11 is 0.900. The third-order valence-electron chi connectivity index (χ3n) is 1.42. The van der Waals surface area contributed by atoms with Gasteiger partial charge in [-0.15, -0.1) is 0 Å². The first kappa shape index (κ1) is 10.8. The van der Waals surface area contributed by atoms with Crippen LogP contribution in [0.25, 0.3) is 0 Å². The minimum Gasteiger partial charge on any atom is -0.477 e. The lowest BCUT2D eigenvalue weighted by molar-refractivity contribution is -0.164. The third kappa shape index (κ3) is 2.38. The fraction of sp³-hybridized carbons (Fsp3) is 0.429. The van der Waals surface area contributed by atoms with Crippen LogP contribution in [0.15, 0.2) is 6.20 Å². The van der Waals surface area contributed by atoms with Gasteiger partial charge in [0.25, 0.3) is 5.19 Å². The summed E-state index contributed by atoms with van der Waals surface area (Å²) < 4.78 is 30.1. The summed E-state index contributed by atoms with van der Waals surface area (Å²) in [7, 11) is 1.36. The molecule has 0 saturated carbocycles. The number of hydrogen-bond donors (Lipinski definition) is 1. The zero-order chi connectivity index (χ0) is 10.8. The van der Waals surface area contributed by atoms with Crippen molar-refractivity contribution in [2.45, 2.75) is 12.3 Å². The van der Waals surface area contributed by atoms with Gasteiger partial charge in [-0.05, 0) is 0 Å². The number of halogens is 2. The van der Waals surface area contributed by atoms with Crippen LogP contribution in [0.4, 0.5) is 8.78 Å². The average Bonchev–Trinajstić information content (AvgIpc) is 2.51. The Hall–Kier alpha value is -1.24. The molecule has 7 heteroatoms. The minimum absolute atomic E-state index is 0.175. The minimum atomic E-state index is -3.75. The second-order valence-electron chi connectivity index (χ2n) is 2.48. The number of alkyl halides is 2. The van der Waals surface area contributed by atoms with E-state index in [0.717, 1.165) is 11.3 Å². The molecule has 0 saturated heterocycles. The molecule has 0 fully saturated rings. The van der Waals surface area contributed by atoms with Crippen molar-refractivity contribution in [1.29, 1.82) is 0 Å². The Bertz CT molecular complexity index is 339. The summed E-state index contributed by atoms with van der Waals surface area (Å²) in [4.78, 5) is 13.9. The molecule has 1 aromatic heterocycles. The number of aromatic nitrogens is 1. The van der Waals surface area contributed by atoms with Crippen LogP contribution in [-0.4, -0.2) is 29.1 Å². The lowest BCUT2D eigenvalue weighted by Gasteiger charge is -2.07. The Kier molecular flexibility index (Phi) is 3.00. The molecule has 0 aromatic carbocycles. The molecule has 0 aliphatic heterocycles. The summed E-state index contributed by atoms with van der Waals surface area (Å²) in [5.41, 5.74) is 0. The van der Waals surface area contributed by atoms with Crippen LogP contribution in [-0.2, 0) is 11.2 Å². The molecule has 0 unspecified atom stereocenters. The van der Waals surface area contributed by atoms with Gasteiger partial charge in [-0.2, -0.15) is 8.78 Å². The molecule has 1 aromatic rings. The van der Waals surface area contributed by atoms with Gasteiger partial charge < -0.3 is 9.84 Å². The van der Waals surface area contributed by atoms with Gasteiger partial charge in [0.05, 0.1) is 13.5 Å². The number of hydrogen-bond acceptors (Lipinski definition) is 4. The molecular formula is C7H7F2NO3S. The van der Waals surface area contributed by atoms with E-state index in [1.54, 1.807) is 0 Å². The van der Waals surface area contributed by atoms with Crippen LogP contribution in [0.3, 0.4) is 0 Å². The summed E-state index contributed by atoms with van der Waals surface area (Å²) in [6.45, 7) is 0. The first-order valence-electron chi connectivity index (χ1n) is 3.55. The van der Waals surface area contributed by atoms with Gasteiger partial charge in [-0.3, -0.25) is 0 Å². The number of rotatable bonds is 4. The topological polar surface area (TPSA) is 59.4 Å². The molecule has 0 radical (unpaired) electrons. The van der Waals surface area contributed by atoms with Gasteiger partial charge in [0.2, 0.25) is 0 Å². The molecule has 1 N–H and O–H groups in total. The Morgan fingerprint density at radius 1 is 1.79 bits per heavy atom. The predicted octanol–water partition coefficient (Wildman–Crippen LogP) is 1.41. The fourth-order valence-electron chi connectivity index (χ4n) is 0.760. The van der Waals surface area contributed by atoms with Crippen LogP contribution >= 0.6 is 11.3 Å². The van der Waals surface area contributed by atoms with E-state index in [0.29, 0.717) is 0 Å². The number of carboxylic acids is 1. The quantitative estimate of drug-likeness (QED) is 0.838. The van der Waals surface area contributed by atoms with Gasteiger partial charge in [0.15, 0.2) is 0 Å². The fourth-order valence-corrected chi connectivity index (χ4v) is 1.53. The van der Waals surface area contributed by atoms with E-state index < -0.39 is 18.3 Å². The smallest absolute Gasteiger partial charge is 0.374 e. The van der Waals surface area contributed by atoms with Crippen molar-refractivity contribution in [2.24, 2.45) is 0 Å². The zero-order valence-electron chi connectivity index (χ0n) is 7.16. The van der Waals surface area contributed by atoms with E-state index in [9.17, 15) is 13.6 Å². The van der Waals surface area contributed by atoms with Crippen LogP contribution in [0, 0.1) is 0 Å². The second kappa shape index (κ2) is 3.87. The Morgan fingerprint density at radius 3 is 2.86 bits per heavy atom. The van der Waals surface area contributed by atoms with Gasteiger partial charge in [0, 0.05) is 11.1 Å². The van der Waals surface area contributed by atoms with Crippen LogP contribution in [0.5, 0.6) is 5.19 Å². The summed E-state index contributed by atoms with van der Waals surface area (Å²) in [5.74, 6) is -5.89. The molecule has 1 heterocycles. The third-order valence-corrected chi connectivity index (χ3v) is 2.37. The molecule has 1 rings (SSSR count). The molecule has 0 atom stereocenters. The molecule has 78 valence electrons. The number of aliphatic carboxylic acids is 1. The predicted molar refractivity (Wildman–Crippen MR) is 45.0 cm³/mol. The molecule has 4 nitrogen and oxygen atoms in total. The lowest BCUT2D eigenvalue weighted by Crippen LogP contribution is -2.30. The summed E-state index contributed by atoms with van der Waals surface area (Å²) in [6, 6.07) is 0. The maximum atomic E-state index is 12.7. The maximum Gasteiger partial charge on any atom is 0.374 e. The van der Waals surface area contributed by atoms with Crippen LogP contribution in [0.2, 0.25) is 0 Å². The van der Waals surface area contributed by atoms with Crippen molar-refractivity contribution in [3.63, 3.8) is 0 Å². The molecule has 0 aliphatic rings. The largest absolute Gasteiger partial charge is 0.477 e. The van der Waals surface area contributed by atoms with Gasteiger partial charge in [0.1, 0.15) is 0 Å². The second-order valence-corrected chi connectivity index (χ2v) is 3.56. The van der Waals surface area contributed by atoms with Crippen molar-refractivity contribution in [3.8, 4) is 5.19 Å². The first-order valence-corrected chi connectivity index (χ1v) is 4.37. The summed E-state index contributed by atoms with van der Waals surface area (Å²) in [6.07, 6.45) is 0.323. The average molecular weight is 223 g/mol. The number of methoxy groups -OCH3 is 1. The number of carbonyl (C=O) groups is 1. The number of nitrogens with zero attached hydrogens (tertiary/aromatic N) is 1. The van der Waals surface area contributed by atoms with Crippen molar-refractivity contribution >= 4 is 17.3 Å². The highest BCUT2D eigenvalue weighted by Crippen LogP contribution is 2.27. The molecule has 14 heavy (non-hydrogen) atoms. The van der Waals surface area contributed by atoms with Crippen molar-refractivity contribution in [2.75, 3.05) is 7.11 Å². The SMILES string of the molecule is COc1ncc(CC(F)(F)C(=O)O)s1. The Labute approximate surface area is 82.2 Å². The van der Waals surface area contributed by atoms with Crippen LogP contribution < -0.4 is 4.74 Å². The molecule has 0 amide bonds. The molecule has 0 aliphatic carbocycles. The van der Waals surface area contributed by atoms with Crippen molar-refractivity contribution in [3.05, 3.63) is 11.1 Å². The zero-order valence-corrected chi connectivity index (χ0v) is 7.98. The van der Waals surface area contributed by atoms with E-state index >= 15 is 0 Å². The van der Waals surface area contributed by atoms with E-state index in [-0.39, 0.29) is 10.1 Å². The lowest BCUT2D eigenvalue weighted by atomic mass is 10.2. The molecular weight excluding hydrogens is 216 g/mol. The van der Waals surface area contributed by atoms with Gasteiger partial charge in [-0.1, -0.05) is 11.3 Å². The normalized spacial score (nSPS) is 11.4. The maximum absolute atomic E-state index is 12.7. The van der Waals surface area contributed by atoms with E-state index in [1.165, 1.54) is 13.3 Å². The highest BCUT2D eigenvalue weighted by Gasteiger charge is 2.39. The Balaban J connectivity index is 2.73. The van der Waals surface area contributed by atoms with Crippen LogP contribution in [0.1, 0.15) is 4.88 Å². The number of carboxylic acid groups (broad SMARTS) is 1. The highest BCUT2D eigenvalue weighted by molar-refractivity contribution is 7.13. The van der Waals surface area contributed by atoms with Gasteiger partial charge >= 0.3 is 11.9 Å². The monoisotopic (exact) mass is 223 g/mol. The number of thiazole rings is 1. The Morgan fingerprint density at radius 2 is 2.43 bits per heavy atom. The standard InChI is InChI=1S/C7H7F2NO3S/c1-13-6-10-3-4(14-6)2-7(8,9)5(11)12/h3H,2H2,1H3,(H,11,12). The van der Waals surface area contributed by atoms with Crippen molar-refractivity contribution < 1.29 is 23.4 Å². The van der Waals surface area contributed by atoms with E-state index in [1.807, 2.05) is 0 Å². The summed E-state index contributed by atoms with van der Waals surface area (Å²) in [5, 5.41) is 8.41. The number of ether oxygens (including phenoxy) is 1. The molecule has 0 bridgehead atoms. The van der Waals surface area contributed by atoms with Gasteiger partial charge in [-0.25, -0.2) is 9.78 Å². The highest BCUT2D eigenvalue weighted by atomic mass is 32.1. The van der Waals surface area contributed by atoms with E-state index in [4.69, 9.17) is 5.11 Å². The first-order chi connectivity index (χ1) is 6.45. The molecule has 0 spiro atoms. The van der Waals surface area contributed by atoms with E-state index in [2.05, 4.69) is 9.72 Å².